The molecule has 0 spiro atoms. The van der Waals surface area contributed by atoms with Crippen LogP contribution in [0.15, 0.2) is 30.3 Å². The Morgan fingerprint density at radius 1 is 1.30 bits per heavy atom. The molecule has 108 valence electrons. The van der Waals surface area contributed by atoms with Crippen molar-refractivity contribution >= 4 is 10.9 Å². The minimum Gasteiger partial charge on any atom is -0.494 e. The molecule has 4 nitrogen and oxygen atoms in total. The zero-order chi connectivity index (χ0) is 14.4. The van der Waals surface area contributed by atoms with E-state index in [1.54, 1.807) is 7.11 Å². The molecule has 4 heteroatoms. The maximum Gasteiger partial charge on any atom is 0.145 e. The Kier molecular flexibility index (Phi) is 5.32. The van der Waals surface area contributed by atoms with E-state index in [4.69, 9.17) is 4.74 Å². The second-order valence-corrected chi connectivity index (χ2v) is 5.00. The van der Waals surface area contributed by atoms with Crippen molar-refractivity contribution in [3.63, 3.8) is 0 Å². The standard InChI is InChI=1S/C16H22N2O2/c1-12(19)5-4-10-17-11-14-9-8-13-6-3-7-15(20-2)16(13)18-14/h3,6-9,12,17,19H,4-5,10-11H2,1-2H3. The Balaban J connectivity index is 1.97. The smallest absolute Gasteiger partial charge is 0.145 e. The third-order valence-electron chi connectivity index (χ3n) is 3.24. The largest absolute Gasteiger partial charge is 0.494 e. The van der Waals surface area contributed by atoms with Gasteiger partial charge in [0.1, 0.15) is 11.3 Å². The Morgan fingerprint density at radius 3 is 2.90 bits per heavy atom. The first-order chi connectivity index (χ1) is 9.70. The molecule has 1 heterocycles. The molecule has 2 N–H and O–H groups in total. The lowest BCUT2D eigenvalue weighted by Crippen LogP contribution is -2.17. The van der Waals surface area contributed by atoms with Crippen LogP contribution in [-0.2, 0) is 6.54 Å². The highest BCUT2D eigenvalue weighted by molar-refractivity contribution is 5.84. The minimum absolute atomic E-state index is 0.222. The number of rotatable bonds is 7. The van der Waals surface area contributed by atoms with Crippen LogP contribution in [0.5, 0.6) is 5.75 Å². The van der Waals surface area contributed by atoms with Crippen molar-refractivity contribution in [1.29, 1.82) is 0 Å². The van der Waals surface area contributed by atoms with Gasteiger partial charge in [-0.2, -0.15) is 0 Å². The van der Waals surface area contributed by atoms with Crippen LogP contribution in [0, 0.1) is 0 Å². The van der Waals surface area contributed by atoms with Gasteiger partial charge in [-0.1, -0.05) is 18.2 Å². The molecule has 2 rings (SSSR count). The van der Waals surface area contributed by atoms with Crippen LogP contribution >= 0.6 is 0 Å². The Hall–Kier alpha value is -1.65. The number of nitrogens with zero attached hydrogens (tertiary/aromatic N) is 1. The highest BCUT2D eigenvalue weighted by atomic mass is 16.5. The number of aliphatic hydroxyl groups excluding tert-OH is 1. The molecule has 0 bridgehead atoms. The molecule has 0 radical (unpaired) electrons. The van der Waals surface area contributed by atoms with Crippen LogP contribution in [0.4, 0.5) is 0 Å². The molecule has 1 unspecified atom stereocenters. The molecule has 20 heavy (non-hydrogen) atoms. The molecule has 1 aromatic heterocycles. The molecule has 0 aliphatic carbocycles. The molecular formula is C16H22N2O2. The summed E-state index contributed by atoms with van der Waals surface area (Å²) in [6.45, 7) is 3.43. The average Bonchev–Trinajstić information content (AvgIpc) is 2.45. The van der Waals surface area contributed by atoms with E-state index in [9.17, 15) is 5.11 Å². The summed E-state index contributed by atoms with van der Waals surface area (Å²) in [4.78, 5) is 4.64. The third-order valence-corrected chi connectivity index (χ3v) is 3.24. The lowest BCUT2D eigenvalue weighted by Gasteiger charge is -2.08. The number of ether oxygens (including phenoxy) is 1. The van der Waals surface area contributed by atoms with Crippen LogP contribution in [0.25, 0.3) is 10.9 Å². The van der Waals surface area contributed by atoms with Crippen molar-refractivity contribution in [1.82, 2.24) is 10.3 Å². The lowest BCUT2D eigenvalue weighted by atomic mass is 10.2. The van der Waals surface area contributed by atoms with Gasteiger partial charge in [-0.3, -0.25) is 0 Å². The predicted octanol–water partition coefficient (Wildman–Crippen LogP) is 2.49. The van der Waals surface area contributed by atoms with E-state index in [1.807, 2.05) is 31.2 Å². The van der Waals surface area contributed by atoms with E-state index in [0.717, 1.165) is 48.3 Å². The molecule has 0 aliphatic heterocycles. The summed E-state index contributed by atoms with van der Waals surface area (Å²) < 4.78 is 5.34. The number of para-hydroxylation sites is 1. The summed E-state index contributed by atoms with van der Waals surface area (Å²) in [7, 11) is 1.66. The van der Waals surface area contributed by atoms with E-state index in [-0.39, 0.29) is 6.10 Å². The number of aromatic nitrogens is 1. The second-order valence-electron chi connectivity index (χ2n) is 5.00. The zero-order valence-electron chi connectivity index (χ0n) is 12.1. The topological polar surface area (TPSA) is 54.4 Å². The first-order valence-electron chi connectivity index (χ1n) is 7.02. The molecular weight excluding hydrogens is 252 g/mol. The Labute approximate surface area is 119 Å². The zero-order valence-corrected chi connectivity index (χ0v) is 12.1. The van der Waals surface area contributed by atoms with Crippen molar-refractivity contribution in [2.75, 3.05) is 13.7 Å². The molecule has 0 saturated heterocycles. The number of pyridine rings is 1. The van der Waals surface area contributed by atoms with Gasteiger partial charge in [0, 0.05) is 11.9 Å². The molecule has 0 fully saturated rings. The number of hydrogen-bond donors (Lipinski definition) is 2. The quantitative estimate of drug-likeness (QED) is 0.762. The highest BCUT2D eigenvalue weighted by Crippen LogP contribution is 2.23. The van der Waals surface area contributed by atoms with Crippen LogP contribution < -0.4 is 10.1 Å². The van der Waals surface area contributed by atoms with E-state index in [1.165, 1.54) is 0 Å². The summed E-state index contributed by atoms with van der Waals surface area (Å²) in [6.07, 6.45) is 1.57. The predicted molar refractivity (Wildman–Crippen MR) is 80.9 cm³/mol. The SMILES string of the molecule is COc1cccc2ccc(CNCCCC(C)O)nc12. The number of benzene rings is 1. The third kappa shape index (κ3) is 3.92. The van der Waals surface area contributed by atoms with Crippen LogP contribution in [-0.4, -0.2) is 29.8 Å². The summed E-state index contributed by atoms with van der Waals surface area (Å²) in [5.41, 5.74) is 1.90. The number of methoxy groups -OCH3 is 1. The minimum atomic E-state index is -0.222. The molecule has 0 amide bonds. The van der Waals surface area contributed by atoms with E-state index < -0.39 is 0 Å². The summed E-state index contributed by atoms with van der Waals surface area (Å²) in [5, 5.41) is 13.6. The highest BCUT2D eigenvalue weighted by Gasteiger charge is 2.04. The molecule has 1 aromatic carbocycles. The maximum atomic E-state index is 9.19. The average molecular weight is 274 g/mol. The fraction of sp³-hybridized carbons (Fsp3) is 0.438. The second kappa shape index (κ2) is 7.22. The van der Waals surface area contributed by atoms with Gasteiger partial charge in [0.05, 0.1) is 18.9 Å². The van der Waals surface area contributed by atoms with Crippen LogP contribution in [0.3, 0.4) is 0 Å². The number of hydrogen-bond acceptors (Lipinski definition) is 4. The fourth-order valence-corrected chi connectivity index (χ4v) is 2.16. The normalized spacial score (nSPS) is 12.6. The number of fused-ring (bicyclic) bond motifs is 1. The van der Waals surface area contributed by atoms with Crippen molar-refractivity contribution in [2.24, 2.45) is 0 Å². The fourth-order valence-electron chi connectivity index (χ4n) is 2.16. The van der Waals surface area contributed by atoms with Gasteiger partial charge in [0.2, 0.25) is 0 Å². The van der Waals surface area contributed by atoms with Crippen molar-refractivity contribution in [2.45, 2.75) is 32.4 Å². The van der Waals surface area contributed by atoms with E-state index >= 15 is 0 Å². The summed E-state index contributed by atoms with van der Waals surface area (Å²) >= 11 is 0. The van der Waals surface area contributed by atoms with Gasteiger partial charge in [-0.05, 0) is 38.4 Å². The first kappa shape index (κ1) is 14.8. The number of aliphatic hydroxyl groups is 1. The molecule has 0 aliphatic rings. The van der Waals surface area contributed by atoms with Crippen molar-refractivity contribution in [3.05, 3.63) is 36.0 Å². The van der Waals surface area contributed by atoms with Gasteiger partial charge < -0.3 is 15.2 Å². The van der Waals surface area contributed by atoms with Crippen molar-refractivity contribution < 1.29 is 9.84 Å². The summed E-state index contributed by atoms with van der Waals surface area (Å²) in [5.74, 6) is 0.804. The van der Waals surface area contributed by atoms with E-state index in [0.29, 0.717) is 0 Å². The van der Waals surface area contributed by atoms with Gasteiger partial charge in [0.25, 0.3) is 0 Å². The lowest BCUT2D eigenvalue weighted by molar-refractivity contribution is 0.181. The van der Waals surface area contributed by atoms with Gasteiger partial charge in [-0.15, -0.1) is 0 Å². The molecule has 0 saturated carbocycles. The molecule has 2 aromatic rings. The van der Waals surface area contributed by atoms with Crippen LogP contribution in [0.1, 0.15) is 25.5 Å². The maximum absolute atomic E-state index is 9.19. The van der Waals surface area contributed by atoms with Gasteiger partial charge in [0.15, 0.2) is 0 Å². The van der Waals surface area contributed by atoms with Crippen LogP contribution in [0.2, 0.25) is 0 Å². The van der Waals surface area contributed by atoms with Gasteiger partial charge >= 0.3 is 0 Å². The Morgan fingerprint density at radius 2 is 2.15 bits per heavy atom. The van der Waals surface area contributed by atoms with Crippen molar-refractivity contribution in [3.8, 4) is 5.75 Å². The Bertz CT molecular complexity index is 555. The summed E-state index contributed by atoms with van der Waals surface area (Å²) in [6, 6.07) is 10.0. The number of nitrogens with one attached hydrogen (secondary N) is 1. The first-order valence-corrected chi connectivity index (χ1v) is 7.02. The van der Waals surface area contributed by atoms with Gasteiger partial charge in [-0.25, -0.2) is 4.98 Å². The molecule has 1 atom stereocenters. The monoisotopic (exact) mass is 274 g/mol. The van der Waals surface area contributed by atoms with E-state index in [2.05, 4.69) is 16.4 Å².